The standard InChI is InChI=1S/C19H13Cl2N3O6/c1-9-8-10(6-7-13(9)24(27)28)17(25)22-18-15(19(26)29-2)16(23-30-18)14-11(20)4-3-5-12(14)21/h3-8H,1-2H3,(H,22,25). The molecule has 9 nitrogen and oxygen atoms in total. The van der Waals surface area contributed by atoms with Gasteiger partial charge in [-0.05, 0) is 31.2 Å². The normalized spacial score (nSPS) is 10.5. The van der Waals surface area contributed by atoms with Crippen molar-refractivity contribution >= 4 is 46.6 Å². The number of anilines is 1. The summed E-state index contributed by atoms with van der Waals surface area (Å²) in [5, 5.41) is 17.6. The van der Waals surface area contributed by atoms with Crippen LogP contribution in [0.25, 0.3) is 11.3 Å². The largest absolute Gasteiger partial charge is 0.465 e. The number of esters is 1. The molecule has 1 heterocycles. The molecule has 0 bridgehead atoms. The van der Waals surface area contributed by atoms with Crippen LogP contribution in [0.1, 0.15) is 26.3 Å². The minimum Gasteiger partial charge on any atom is -0.465 e. The first kappa shape index (κ1) is 21.3. The number of nitro groups is 1. The Hall–Kier alpha value is -3.43. The molecule has 0 aliphatic carbocycles. The predicted octanol–water partition coefficient (Wildman–Crippen LogP) is 4.90. The summed E-state index contributed by atoms with van der Waals surface area (Å²) in [4.78, 5) is 35.4. The Kier molecular flexibility index (Phi) is 6.04. The average Bonchev–Trinajstić information content (AvgIpc) is 3.09. The number of benzene rings is 2. The van der Waals surface area contributed by atoms with E-state index in [4.69, 9.17) is 32.5 Å². The molecule has 1 amide bonds. The van der Waals surface area contributed by atoms with Crippen LogP contribution >= 0.6 is 23.2 Å². The summed E-state index contributed by atoms with van der Waals surface area (Å²) in [7, 11) is 1.15. The van der Waals surface area contributed by atoms with Crippen LogP contribution in [0.4, 0.5) is 11.6 Å². The van der Waals surface area contributed by atoms with E-state index in [9.17, 15) is 19.7 Å². The third kappa shape index (κ3) is 3.98. The Morgan fingerprint density at radius 2 is 1.87 bits per heavy atom. The fraction of sp³-hybridized carbons (Fsp3) is 0.105. The number of nitrogens with zero attached hydrogens (tertiary/aromatic N) is 2. The van der Waals surface area contributed by atoms with Gasteiger partial charge in [-0.25, -0.2) is 4.79 Å². The number of carbonyl (C=O) groups is 2. The van der Waals surface area contributed by atoms with Gasteiger partial charge in [-0.15, -0.1) is 0 Å². The van der Waals surface area contributed by atoms with E-state index in [1.165, 1.54) is 25.1 Å². The molecule has 11 heteroatoms. The quantitative estimate of drug-likeness (QED) is 0.333. The van der Waals surface area contributed by atoms with Gasteiger partial charge in [0.2, 0.25) is 5.88 Å². The second-order valence-electron chi connectivity index (χ2n) is 6.04. The molecule has 0 aliphatic rings. The van der Waals surface area contributed by atoms with Crippen molar-refractivity contribution in [3.63, 3.8) is 0 Å². The van der Waals surface area contributed by atoms with Gasteiger partial charge in [0.25, 0.3) is 11.6 Å². The zero-order valence-corrected chi connectivity index (χ0v) is 17.1. The Labute approximate surface area is 179 Å². The Morgan fingerprint density at radius 3 is 2.43 bits per heavy atom. The molecule has 0 fully saturated rings. The van der Waals surface area contributed by atoms with E-state index in [-0.39, 0.29) is 44.0 Å². The van der Waals surface area contributed by atoms with Crippen molar-refractivity contribution in [2.24, 2.45) is 0 Å². The third-order valence-corrected chi connectivity index (χ3v) is 4.79. The Bertz CT molecular complexity index is 1150. The van der Waals surface area contributed by atoms with E-state index in [0.29, 0.717) is 5.56 Å². The second-order valence-corrected chi connectivity index (χ2v) is 6.85. The van der Waals surface area contributed by atoms with Gasteiger partial charge in [-0.3, -0.25) is 20.2 Å². The lowest BCUT2D eigenvalue weighted by molar-refractivity contribution is -0.385. The predicted molar refractivity (Wildman–Crippen MR) is 109 cm³/mol. The van der Waals surface area contributed by atoms with Crippen LogP contribution < -0.4 is 5.32 Å². The lowest BCUT2D eigenvalue weighted by atomic mass is 10.1. The van der Waals surface area contributed by atoms with Gasteiger partial charge in [0.15, 0.2) is 5.56 Å². The zero-order chi connectivity index (χ0) is 22.0. The van der Waals surface area contributed by atoms with E-state index in [1.807, 2.05) is 0 Å². The number of methoxy groups -OCH3 is 1. The highest BCUT2D eigenvalue weighted by Crippen LogP contribution is 2.38. The van der Waals surface area contributed by atoms with E-state index >= 15 is 0 Å². The van der Waals surface area contributed by atoms with E-state index in [2.05, 4.69) is 10.5 Å². The maximum absolute atomic E-state index is 12.6. The van der Waals surface area contributed by atoms with Gasteiger partial charge < -0.3 is 9.26 Å². The molecule has 0 radical (unpaired) electrons. The molecule has 0 saturated heterocycles. The van der Waals surface area contributed by atoms with Crippen LogP contribution in [0.15, 0.2) is 40.9 Å². The molecular weight excluding hydrogens is 437 g/mol. The summed E-state index contributed by atoms with van der Waals surface area (Å²) in [6, 6.07) is 8.55. The molecule has 0 aliphatic heterocycles. The first-order chi connectivity index (χ1) is 14.2. The highest BCUT2D eigenvalue weighted by Gasteiger charge is 2.29. The molecular formula is C19H13Cl2N3O6. The van der Waals surface area contributed by atoms with Gasteiger partial charge in [-0.2, -0.15) is 0 Å². The number of hydrogen-bond acceptors (Lipinski definition) is 7. The molecule has 30 heavy (non-hydrogen) atoms. The molecule has 1 aromatic heterocycles. The van der Waals surface area contributed by atoms with Gasteiger partial charge in [0.05, 0.1) is 22.1 Å². The average molecular weight is 450 g/mol. The number of halogens is 2. The smallest absolute Gasteiger partial charge is 0.345 e. The molecule has 0 spiro atoms. The van der Waals surface area contributed by atoms with Crippen molar-refractivity contribution in [1.82, 2.24) is 5.16 Å². The molecule has 2 aromatic carbocycles. The van der Waals surface area contributed by atoms with Crippen molar-refractivity contribution in [2.45, 2.75) is 6.92 Å². The lowest BCUT2D eigenvalue weighted by Crippen LogP contribution is -2.15. The molecule has 3 aromatic rings. The van der Waals surface area contributed by atoms with Crippen molar-refractivity contribution in [3.05, 3.63) is 73.2 Å². The lowest BCUT2D eigenvalue weighted by Gasteiger charge is -2.07. The van der Waals surface area contributed by atoms with Crippen LogP contribution in [0.3, 0.4) is 0 Å². The highest BCUT2D eigenvalue weighted by atomic mass is 35.5. The van der Waals surface area contributed by atoms with Crippen molar-refractivity contribution in [2.75, 3.05) is 12.4 Å². The van der Waals surface area contributed by atoms with E-state index < -0.39 is 16.8 Å². The maximum atomic E-state index is 12.6. The second kappa shape index (κ2) is 8.52. The molecule has 154 valence electrons. The zero-order valence-electron chi connectivity index (χ0n) is 15.6. The molecule has 3 rings (SSSR count). The number of amides is 1. The van der Waals surface area contributed by atoms with Crippen LogP contribution in [0.2, 0.25) is 10.0 Å². The minimum absolute atomic E-state index is 0.00682. The summed E-state index contributed by atoms with van der Waals surface area (Å²) >= 11 is 12.4. The fourth-order valence-corrected chi connectivity index (χ4v) is 3.31. The van der Waals surface area contributed by atoms with Crippen molar-refractivity contribution < 1.29 is 23.8 Å². The summed E-state index contributed by atoms with van der Waals surface area (Å²) in [6.45, 7) is 1.50. The summed E-state index contributed by atoms with van der Waals surface area (Å²) in [6.07, 6.45) is 0. The van der Waals surface area contributed by atoms with E-state index in [1.54, 1.807) is 18.2 Å². The maximum Gasteiger partial charge on any atom is 0.345 e. The number of ether oxygens (including phenoxy) is 1. The summed E-state index contributed by atoms with van der Waals surface area (Å²) in [5.41, 5.74) is 0.325. The summed E-state index contributed by atoms with van der Waals surface area (Å²) in [5.74, 6) is -1.79. The van der Waals surface area contributed by atoms with Gasteiger partial charge in [0.1, 0.15) is 5.69 Å². The number of aromatic nitrogens is 1. The molecule has 0 unspecified atom stereocenters. The Balaban J connectivity index is 2.02. The molecule has 0 saturated carbocycles. The summed E-state index contributed by atoms with van der Waals surface area (Å²) < 4.78 is 9.93. The highest BCUT2D eigenvalue weighted by molar-refractivity contribution is 6.39. The molecule has 0 atom stereocenters. The monoisotopic (exact) mass is 449 g/mol. The van der Waals surface area contributed by atoms with Crippen molar-refractivity contribution in [3.8, 4) is 11.3 Å². The Morgan fingerprint density at radius 1 is 1.20 bits per heavy atom. The third-order valence-electron chi connectivity index (χ3n) is 4.16. The fourth-order valence-electron chi connectivity index (χ4n) is 2.74. The number of aryl methyl sites for hydroxylation is 1. The number of nitrogens with one attached hydrogen (secondary N) is 1. The van der Waals surface area contributed by atoms with Gasteiger partial charge in [0, 0.05) is 22.8 Å². The minimum atomic E-state index is -0.836. The first-order valence-corrected chi connectivity index (χ1v) is 9.09. The number of rotatable bonds is 5. The van der Waals surface area contributed by atoms with Crippen LogP contribution in [0, 0.1) is 17.0 Å². The topological polar surface area (TPSA) is 125 Å². The van der Waals surface area contributed by atoms with Gasteiger partial charge >= 0.3 is 5.97 Å². The number of carbonyl (C=O) groups excluding carboxylic acids is 2. The van der Waals surface area contributed by atoms with Gasteiger partial charge in [-0.1, -0.05) is 34.4 Å². The van der Waals surface area contributed by atoms with Crippen LogP contribution in [-0.4, -0.2) is 29.1 Å². The van der Waals surface area contributed by atoms with Crippen LogP contribution in [-0.2, 0) is 4.74 Å². The van der Waals surface area contributed by atoms with Crippen LogP contribution in [0.5, 0.6) is 0 Å². The first-order valence-electron chi connectivity index (χ1n) is 8.33. The number of nitro benzene ring substituents is 1. The molecule has 1 N–H and O–H groups in total. The van der Waals surface area contributed by atoms with E-state index in [0.717, 1.165) is 7.11 Å². The number of hydrogen-bond donors (Lipinski definition) is 1. The SMILES string of the molecule is COC(=O)c1c(-c2c(Cl)cccc2Cl)noc1NC(=O)c1ccc([N+](=O)[O-])c(C)c1. The van der Waals surface area contributed by atoms with Crippen molar-refractivity contribution in [1.29, 1.82) is 0 Å².